The number of amides is 1. The van der Waals surface area contributed by atoms with Crippen molar-refractivity contribution in [3.05, 3.63) is 23.7 Å². The lowest BCUT2D eigenvalue weighted by Gasteiger charge is -2.27. The molecule has 0 spiro atoms. The van der Waals surface area contributed by atoms with Crippen LogP contribution >= 0.6 is 0 Å². The SMILES string of the molecule is CCOC(=O)C1(NC(=O)c2ccoc2C)CCCC1. The molecule has 0 aromatic carbocycles. The number of ether oxygens (including phenoxy) is 1. The summed E-state index contributed by atoms with van der Waals surface area (Å²) in [7, 11) is 0. The molecule has 1 amide bonds. The van der Waals surface area contributed by atoms with Crippen molar-refractivity contribution in [1.82, 2.24) is 5.32 Å². The Kier molecular flexibility index (Phi) is 3.93. The van der Waals surface area contributed by atoms with Crippen LogP contribution in [0.3, 0.4) is 0 Å². The molecule has 1 aliphatic carbocycles. The van der Waals surface area contributed by atoms with E-state index in [4.69, 9.17) is 9.15 Å². The predicted molar refractivity (Wildman–Crippen MR) is 68.7 cm³/mol. The Bertz CT molecular complexity index is 472. The van der Waals surface area contributed by atoms with Crippen molar-refractivity contribution in [1.29, 1.82) is 0 Å². The summed E-state index contributed by atoms with van der Waals surface area (Å²) < 4.78 is 10.2. The first-order valence-corrected chi connectivity index (χ1v) is 6.63. The quantitative estimate of drug-likeness (QED) is 0.847. The molecular formula is C14H19NO4. The zero-order valence-electron chi connectivity index (χ0n) is 11.3. The van der Waals surface area contributed by atoms with Crippen molar-refractivity contribution in [2.24, 2.45) is 0 Å². The van der Waals surface area contributed by atoms with E-state index in [2.05, 4.69) is 5.32 Å². The highest BCUT2D eigenvalue weighted by Gasteiger charge is 2.44. The van der Waals surface area contributed by atoms with Gasteiger partial charge in [-0.3, -0.25) is 4.79 Å². The number of carbonyl (C=O) groups is 2. The van der Waals surface area contributed by atoms with Crippen LogP contribution in [0.15, 0.2) is 16.7 Å². The molecule has 2 rings (SSSR count). The van der Waals surface area contributed by atoms with Gasteiger partial charge in [0.2, 0.25) is 0 Å². The lowest BCUT2D eigenvalue weighted by Crippen LogP contribution is -2.53. The second kappa shape index (κ2) is 5.47. The first-order chi connectivity index (χ1) is 9.09. The van der Waals surface area contributed by atoms with Gasteiger partial charge in [0.25, 0.3) is 5.91 Å². The van der Waals surface area contributed by atoms with E-state index in [-0.39, 0.29) is 11.9 Å². The van der Waals surface area contributed by atoms with Gasteiger partial charge in [-0.25, -0.2) is 4.79 Å². The molecule has 1 heterocycles. The Hall–Kier alpha value is -1.78. The molecule has 0 aliphatic heterocycles. The van der Waals surface area contributed by atoms with E-state index in [1.165, 1.54) is 6.26 Å². The van der Waals surface area contributed by atoms with Crippen LogP contribution in [0.2, 0.25) is 0 Å². The van der Waals surface area contributed by atoms with Crippen molar-refractivity contribution >= 4 is 11.9 Å². The highest BCUT2D eigenvalue weighted by molar-refractivity contribution is 5.98. The standard InChI is InChI=1S/C14H19NO4/c1-3-18-13(17)14(7-4-5-8-14)15-12(16)11-6-9-19-10(11)2/h6,9H,3-5,7-8H2,1-2H3,(H,15,16). The van der Waals surface area contributed by atoms with Gasteiger partial charge in [-0.05, 0) is 32.8 Å². The number of furan rings is 1. The summed E-state index contributed by atoms with van der Waals surface area (Å²) in [5, 5.41) is 2.85. The molecule has 0 bridgehead atoms. The number of hydrogen-bond donors (Lipinski definition) is 1. The van der Waals surface area contributed by atoms with Crippen molar-refractivity contribution < 1.29 is 18.7 Å². The van der Waals surface area contributed by atoms with Crippen molar-refractivity contribution in [2.75, 3.05) is 6.61 Å². The molecule has 0 radical (unpaired) electrons. The van der Waals surface area contributed by atoms with Gasteiger partial charge in [0.1, 0.15) is 11.3 Å². The Balaban J connectivity index is 2.15. The van der Waals surface area contributed by atoms with Gasteiger partial charge in [0.05, 0.1) is 18.4 Å². The van der Waals surface area contributed by atoms with E-state index in [0.717, 1.165) is 12.8 Å². The fraction of sp³-hybridized carbons (Fsp3) is 0.571. The summed E-state index contributed by atoms with van der Waals surface area (Å²) in [6.45, 7) is 3.81. The van der Waals surface area contributed by atoms with E-state index < -0.39 is 5.54 Å². The molecule has 0 unspecified atom stereocenters. The van der Waals surface area contributed by atoms with Crippen LogP contribution < -0.4 is 5.32 Å². The molecule has 1 saturated carbocycles. The van der Waals surface area contributed by atoms with Gasteiger partial charge >= 0.3 is 5.97 Å². The summed E-state index contributed by atoms with van der Waals surface area (Å²) >= 11 is 0. The minimum atomic E-state index is -0.864. The van der Waals surface area contributed by atoms with Crippen LogP contribution in [-0.4, -0.2) is 24.0 Å². The molecular weight excluding hydrogens is 246 g/mol. The monoisotopic (exact) mass is 265 g/mol. The molecule has 1 aliphatic rings. The van der Waals surface area contributed by atoms with Crippen LogP contribution in [0.5, 0.6) is 0 Å². The second-order valence-electron chi connectivity index (χ2n) is 4.85. The Morgan fingerprint density at radius 1 is 1.42 bits per heavy atom. The molecule has 1 N–H and O–H groups in total. The minimum absolute atomic E-state index is 0.277. The van der Waals surface area contributed by atoms with Crippen LogP contribution in [0.4, 0.5) is 0 Å². The maximum Gasteiger partial charge on any atom is 0.331 e. The highest BCUT2D eigenvalue weighted by Crippen LogP contribution is 2.31. The van der Waals surface area contributed by atoms with Gasteiger partial charge in [-0.2, -0.15) is 0 Å². The minimum Gasteiger partial charge on any atom is -0.469 e. The van der Waals surface area contributed by atoms with E-state index >= 15 is 0 Å². The van der Waals surface area contributed by atoms with E-state index in [1.54, 1.807) is 19.9 Å². The summed E-state index contributed by atoms with van der Waals surface area (Å²) in [5.74, 6) is -0.0577. The zero-order chi connectivity index (χ0) is 13.9. The van der Waals surface area contributed by atoms with E-state index in [9.17, 15) is 9.59 Å². The number of carbonyl (C=O) groups excluding carboxylic acids is 2. The Morgan fingerprint density at radius 3 is 2.63 bits per heavy atom. The smallest absolute Gasteiger partial charge is 0.331 e. The molecule has 5 nitrogen and oxygen atoms in total. The van der Waals surface area contributed by atoms with Crippen LogP contribution in [0.25, 0.3) is 0 Å². The maximum atomic E-state index is 12.2. The lowest BCUT2D eigenvalue weighted by atomic mass is 9.97. The zero-order valence-corrected chi connectivity index (χ0v) is 11.3. The largest absolute Gasteiger partial charge is 0.469 e. The van der Waals surface area contributed by atoms with Crippen LogP contribution in [0, 0.1) is 6.92 Å². The van der Waals surface area contributed by atoms with Gasteiger partial charge < -0.3 is 14.5 Å². The Labute approximate surface area is 112 Å². The fourth-order valence-corrected chi connectivity index (χ4v) is 2.53. The van der Waals surface area contributed by atoms with Crippen molar-refractivity contribution in [3.8, 4) is 0 Å². The average Bonchev–Trinajstić information content (AvgIpc) is 2.99. The number of aryl methyl sites for hydroxylation is 1. The van der Waals surface area contributed by atoms with Gasteiger partial charge in [0.15, 0.2) is 0 Å². The first-order valence-electron chi connectivity index (χ1n) is 6.63. The number of rotatable bonds is 4. The molecule has 0 atom stereocenters. The number of hydrogen-bond acceptors (Lipinski definition) is 4. The van der Waals surface area contributed by atoms with Gasteiger partial charge in [-0.1, -0.05) is 12.8 Å². The molecule has 5 heteroatoms. The molecule has 1 aromatic rings. The second-order valence-corrected chi connectivity index (χ2v) is 4.85. The number of nitrogens with one attached hydrogen (secondary N) is 1. The summed E-state index contributed by atoms with van der Waals surface area (Å²) in [5.41, 5.74) is -0.396. The molecule has 19 heavy (non-hydrogen) atoms. The average molecular weight is 265 g/mol. The van der Waals surface area contributed by atoms with Crippen molar-refractivity contribution in [3.63, 3.8) is 0 Å². The third kappa shape index (κ3) is 2.64. The maximum absolute atomic E-state index is 12.2. The topological polar surface area (TPSA) is 68.5 Å². The number of esters is 1. The summed E-state index contributed by atoms with van der Waals surface area (Å²) in [4.78, 5) is 24.3. The summed E-state index contributed by atoms with van der Waals surface area (Å²) in [6, 6.07) is 1.61. The molecule has 104 valence electrons. The van der Waals surface area contributed by atoms with Gasteiger partial charge in [-0.15, -0.1) is 0 Å². The Morgan fingerprint density at radius 2 is 2.11 bits per heavy atom. The third-order valence-electron chi connectivity index (χ3n) is 3.58. The predicted octanol–water partition coefficient (Wildman–Crippen LogP) is 2.19. The summed E-state index contributed by atoms with van der Waals surface area (Å²) in [6.07, 6.45) is 4.58. The highest BCUT2D eigenvalue weighted by atomic mass is 16.5. The molecule has 1 fully saturated rings. The van der Waals surface area contributed by atoms with Gasteiger partial charge in [0, 0.05) is 0 Å². The van der Waals surface area contributed by atoms with Crippen LogP contribution in [-0.2, 0) is 9.53 Å². The normalized spacial score (nSPS) is 17.2. The first kappa shape index (κ1) is 13.6. The van der Waals surface area contributed by atoms with Crippen LogP contribution in [0.1, 0.15) is 48.7 Å². The van der Waals surface area contributed by atoms with E-state index in [0.29, 0.717) is 30.8 Å². The third-order valence-corrected chi connectivity index (χ3v) is 3.58. The molecule has 1 aromatic heterocycles. The van der Waals surface area contributed by atoms with Crippen molar-refractivity contribution in [2.45, 2.75) is 45.1 Å². The van der Waals surface area contributed by atoms with E-state index in [1.807, 2.05) is 0 Å². The lowest BCUT2D eigenvalue weighted by molar-refractivity contribution is -0.150. The fourth-order valence-electron chi connectivity index (χ4n) is 2.53. The molecule has 0 saturated heterocycles.